The summed E-state index contributed by atoms with van der Waals surface area (Å²) in [7, 11) is -2.17. The van der Waals surface area contributed by atoms with Crippen LogP contribution in [0.4, 0.5) is 14.9 Å². The number of benzene rings is 3. The van der Waals surface area contributed by atoms with E-state index in [1.165, 1.54) is 25.3 Å². The number of carbonyl (C=O) groups excluding carboxylic acids is 2. The summed E-state index contributed by atoms with van der Waals surface area (Å²) in [5.41, 5.74) is 2.94. The van der Waals surface area contributed by atoms with Gasteiger partial charge in [0.15, 0.2) is 9.84 Å². The van der Waals surface area contributed by atoms with Crippen molar-refractivity contribution in [1.29, 1.82) is 0 Å². The normalized spacial score (nSPS) is 17.4. The molecule has 40 heavy (non-hydrogen) atoms. The molecule has 0 saturated heterocycles. The highest BCUT2D eigenvalue weighted by Crippen LogP contribution is 2.28. The molecule has 4 rings (SSSR count). The van der Waals surface area contributed by atoms with Crippen LogP contribution in [-0.2, 0) is 25.8 Å². The van der Waals surface area contributed by atoms with E-state index in [1.54, 1.807) is 48.5 Å². The van der Waals surface area contributed by atoms with Gasteiger partial charge in [-0.2, -0.15) is 0 Å². The summed E-state index contributed by atoms with van der Waals surface area (Å²) in [5, 5.41) is 8.15. The Morgan fingerprint density at radius 3 is 2.27 bits per heavy atom. The molecule has 3 amide bonds. The van der Waals surface area contributed by atoms with Crippen LogP contribution in [0.3, 0.4) is 0 Å². The summed E-state index contributed by atoms with van der Waals surface area (Å²) >= 11 is 0. The quantitative estimate of drug-likeness (QED) is 0.347. The Balaban J connectivity index is 1.47. The lowest BCUT2D eigenvalue weighted by Crippen LogP contribution is -2.49. The third-order valence-electron chi connectivity index (χ3n) is 6.36. The highest BCUT2D eigenvalue weighted by Gasteiger charge is 2.28. The van der Waals surface area contributed by atoms with Crippen LogP contribution < -0.4 is 16.0 Å². The fraction of sp³-hybridized carbons (Fsp3) is 0.200. The lowest BCUT2D eigenvalue weighted by atomic mass is 10.0. The van der Waals surface area contributed by atoms with Crippen LogP contribution in [0.15, 0.2) is 108 Å². The van der Waals surface area contributed by atoms with Gasteiger partial charge in [-0.15, -0.1) is 0 Å². The number of allylic oxidation sites excluding steroid dienone is 1. The molecule has 208 valence electrons. The fourth-order valence-corrected chi connectivity index (χ4v) is 5.13. The molecule has 0 aliphatic heterocycles. The third-order valence-corrected chi connectivity index (χ3v) is 7.52. The zero-order valence-electron chi connectivity index (χ0n) is 22.1. The van der Waals surface area contributed by atoms with Crippen LogP contribution in [0.5, 0.6) is 0 Å². The number of urea groups is 1. The minimum atomic E-state index is -3.43. The van der Waals surface area contributed by atoms with E-state index in [4.69, 9.17) is 4.74 Å². The number of ether oxygens (including phenoxy) is 1. The van der Waals surface area contributed by atoms with E-state index >= 15 is 0 Å². The maximum Gasteiger partial charge on any atom is 0.319 e. The van der Waals surface area contributed by atoms with Crippen molar-refractivity contribution in [1.82, 2.24) is 10.6 Å². The Kier molecular flexibility index (Phi) is 8.81. The zero-order valence-corrected chi connectivity index (χ0v) is 22.9. The molecule has 2 atom stereocenters. The summed E-state index contributed by atoms with van der Waals surface area (Å²) < 4.78 is 43.4. The monoisotopic (exact) mass is 563 g/mol. The van der Waals surface area contributed by atoms with Gasteiger partial charge in [0.25, 0.3) is 0 Å². The Morgan fingerprint density at radius 1 is 0.975 bits per heavy atom. The number of sulfone groups is 1. The fourth-order valence-electron chi connectivity index (χ4n) is 4.22. The number of anilines is 1. The molecule has 3 aromatic rings. The molecule has 0 spiro atoms. The highest BCUT2D eigenvalue weighted by atomic mass is 32.2. The van der Waals surface area contributed by atoms with E-state index < -0.39 is 33.7 Å². The molecule has 0 bridgehead atoms. The topological polar surface area (TPSA) is 114 Å². The predicted octanol–water partition coefficient (Wildman–Crippen LogP) is 4.76. The number of nitrogens with one attached hydrogen (secondary N) is 3. The van der Waals surface area contributed by atoms with Crippen LogP contribution in [0, 0.1) is 0 Å². The molecule has 3 N–H and O–H groups in total. The van der Waals surface area contributed by atoms with Crippen LogP contribution in [0.2, 0.25) is 0 Å². The van der Waals surface area contributed by atoms with Gasteiger partial charge < -0.3 is 20.7 Å². The molecule has 1 unspecified atom stereocenters. The van der Waals surface area contributed by atoms with E-state index in [-0.39, 0.29) is 17.7 Å². The van der Waals surface area contributed by atoms with Gasteiger partial charge >= 0.3 is 6.03 Å². The van der Waals surface area contributed by atoms with Crippen molar-refractivity contribution in [3.05, 3.63) is 108 Å². The average molecular weight is 564 g/mol. The van der Waals surface area contributed by atoms with E-state index in [0.29, 0.717) is 22.5 Å². The number of halogens is 1. The van der Waals surface area contributed by atoms with Gasteiger partial charge in [-0.05, 0) is 41.5 Å². The minimum absolute atomic E-state index is 0.0613. The average Bonchev–Trinajstić information content (AvgIpc) is 2.94. The second kappa shape index (κ2) is 12.3. The zero-order chi connectivity index (χ0) is 28.8. The number of amides is 3. The number of hydrogen-bond acceptors (Lipinski definition) is 5. The van der Waals surface area contributed by atoms with Gasteiger partial charge in [0.05, 0.1) is 4.90 Å². The minimum Gasteiger partial charge on any atom is -0.346 e. The molecular weight excluding hydrogens is 533 g/mol. The van der Waals surface area contributed by atoms with Crippen LogP contribution in [0.25, 0.3) is 11.1 Å². The standard InChI is InChI=1S/C30H30FN3O5S/c1-39-30(31)18-16-24(17-19-30)33-29(36)34-26(20-21-8-4-3-5-9-21)28(35)32-23-14-12-22(13-15-23)25-10-6-7-11-27(25)40(2,37)38/h3-18,26H,19-20H2,1-2H3,(H,32,35)(H2,33,34,36)/t26-,30?/m1/s1. The first kappa shape index (κ1) is 28.7. The van der Waals surface area contributed by atoms with Crippen molar-refractivity contribution in [2.45, 2.75) is 29.6 Å². The van der Waals surface area contributed by atoms with Crippen molar-refractivity contribution in [3.8, 4) is 11.1 Å². The number of methoxy groups -OCH3 is 1. The molecule has 0 aromatic heterocycles. The largest absolute Gasteiger partial charge is 0.346 e. The second-order valence-electron chi connectivity index (χ2n) is 9.36. The lowest BCUT2D eigenvalue weighted by Gasteiger charge is -2.23. The molecular formula is C30H30FN3O5S. The Morgan fingerprint density at radius 2 is 1.65 bits per heavy atom. The van der Waals surface area contributed by atoms with Crippen LogP contribution >= 0.6 is 0 Å². The smallest absolute Gasteiger partial charge is 0.319 e. The Bertz CT molecular complexity index is 1540. The van der Waals surface area contributed by atoms with Gasteiger partial charge in [-0.3, -0.25) is 4.79 Å². The van der Waals surface area contributed by atoms with Crippen molar-refractivity contribution in [2.24, 2.45) is 0 Å². The van der Waals surface area contributed by atoms with Gasteiger partial charge in [0, 0.05) is 43.2 Å². The van der Waals surface area contributed by atoms with Gasteiger partial charge in [-0.1, -0.05) is 66.7 Å². The van der Waals surface area contributed by atoms with Crippen LogP contribution in [0.1, 0.15) is 12.0 Å². The summed E-state index contributed by atoms with van der Waals surface area (Å²) in [6.07, 6.45) is 5.45. The van der Waals surface area contributed by atoms with E-state index in [9.17, 15) is 22.4 Å². The van der Waals surface area contributed by atoms with Gasteiger partial charge in [-0.25, -0.2) is 17.6 Å². The molecule has 10 heteroatoms. The number of rotatable bonds is 9. The third kappa shape index (κ3) is 7.43. The highest BCUT2D eigenvalue weighted by molar-refractivity contribution is 7.90. The summed E-state index contributed by atoms with van der Waals surface area (Å²) in [5.74, 6) is -2.36. The first-order valence-corrected chi connectivity index (χ1v) is 14.4. The van der Waals surface area contributed by atoms with Gasteiger partial charge in [0.2, 0.25) is 11.8 Å². The van der Waals surface area contributed by atoms with Crippen molar-refractivity contribution < 1.29 is 27.1 Å². The maximum absolute atomic E-state index is 14.2. The molecule has 1 aliphatic carbocycles. The molecule has 0 saturated carbocycles. The van der Waals surface area contributed by atoms with E-state index in [2.05, 4.69) is 16.0 Å². The summed E-state index contributed by atoms with van der Waals surface area (Å²) in [6.45, 7) is 0. The summed E-state index contributed by atoms with van der Waals surface area (Å²) in [4.78, 5) is 26.3. The SMILES string of the molecule is COC1(F)C=CC(NC(=O)N[C@H](Cc2ccccc2)C(=O)Nc2ccc(-c3ccccc3S(C)(=O)=O)cc2)=CC1. The number of carbonyl (C=O) groups is 2. The molecule has 1 aliphatic rings. The first-order valence-electron chi connectivity index (χ1n) is 12.5. The second-order valence-corrected chi connectivity index (χ2v) is 11.3. The Hall–Kier alpha value is -4.28. The van der Waals surface area contributed by atoms with Crippen LogP contribution in [-0.4, -0.2) is 45.6 Å². The number of hydrogen-bond donors (Lipinski definition) is 3. The lowest BCUT2D eigenvalue weighted by molar-refractivity contribution is -0.117. The van der Waals surface area contributed by atoms with E-state index in [1.807, 2.05) is 30.3 Å². The first-order chi connectivity index (χ1) is 19.1. The molecule has 0 radical (unpaired) electrons. The molecule has 8 nitrogen and oxygen atoms in total. The molecule has 3 aromatic carbocycles. The molecule has 0 heterocycles. The van der Waals surface area contributed by atoms with Gasteiger partial charge in [0.1, 0.15) is 6.04 Å². The summed E-state index contributed by atoms with van der Waals surface area (Å²) in [6, 6.07) is 21.2. The van der Waals surface area contributed by atoms with Crippen molar-refractivity contribution >= 4 is 27.5 Å². The van der Waals surface area contributed by atoms with Crippen molar-refractivity contribution in [3.63, 3.8) is 0 Å². The Labute approximate surface area is 232 Å². The molecule has 0 fully saturated rings. The van der Waals surface area contributed by atoms with E-state index in [0.717, 1.165) is 11.8 Å². The predicted molar refractivity (Wildman–Crippen MR) is 152 cm³/mol. The van der Waals surface area contributed by atoms with Crippen molar-refractivity contribution in [2.75, 3.05) is 18.7 Å². The number of alkyl halides is 1. The maximum atomic E-state index is 14.2.